The van der Waals surface area contributed by atoms with Crippen LogP contribution in [0.25, 0.3) is 10.9 Å². The number of aromatic nitrogens is 3. The van der Waals surface area contributed by atoms with E-state index in [1.807, 2.05) is 0 Å². The summed E-state index contributed by atoms with van der Waals surface area (Å²) in [6.07, 6.45) is 3.09. The zero-order chi connectivity index (χ0) is 8.55. The maximum Gasteiger partial charge on any atom is 0.259 e. The third-order valence-electron chi connectivity index (χ3n) is 1.61. The minimum atomic E-state index is -0.157. The molecule has 0 amide bonds. The Morgan fingerprint density at radius 2 is 2.50 bits per heavy atom. The van der Waals surface area contributed by atoms with Gasteiger partial charge in [0.15, 0.2) is 0 Å². The number of aromatic amines is 1. The van der Waals surface area contributed by atoms with E-state index >= 15 is 0 Å². The molecule has 1 N–H and O–H groups in total. The van der Waals surface area contributed by atoms with E-state index in [0.29, 0.717) is 10.9 Å². The molecule has 0 radical (unpaired) electrons. The van der Waals surface area contributed by atoms with Crippen molar-refractivity contribution in [2.75, 3.05) is 7.11 Å². The molecule has 0 saturated heterocycles. The van der Waals surface area contributed by atoms with Gasteiger partial charge in [0.1, 0.15) is 12.6 Å². The van der Waals surface area contributed by atoms with Gasteiger partial charge in [-0.15, -0.1) is 9.94 Å². The van der Waals surface area contributed by atoms with E-state index in [1.54, 1.807) is 12.3 Å². The number of fused-ring (bicyclic) bond motifs is 1. The largest absolute Gasteiger partial charge is 0.400 e. The second-order valence-electron chi connectivity index (χ2n) is 2.32. The summed E-state index contributed by atoms with van der Waals surface area (Å²) in [4.78, 5) is 19.7. The van der Waals surface area contributed by atoms with Crippen LogP contribution in [0.4, 0.5) is 0 Å². The highest BCUT2D eigenvalue weighted by atomic mass is 16.7. The number of H-pyrrole nitrogens is 1. The number of rotatable bonds is 1. The molecule has 62 valence electrons. The Bertz CT molecular complexity index is 457. The second kappa shape index (κ2) is 2.37. The molecule has 0 unspecified atom stereocenters. The van der Waals surface area contributed by atoms with Crippen molar-refractivity contribution in [3.05, 3.63) is 28.8 Å². The fourth-order valence-corrected chi connectivity index (χ4v) is 1.03. The van der Waals surface area contributed by atoms with E-state index in [4.69, 9.17) is 4.84 Å². The van der Waals surface area contributed by atoms with E-state index in [9.17, 15) is 4.79 Å². The molecule has 2 aromatic rings. The average molecular weight is 165 g/mol. The highest BCUT2D eigenvalue weighted by molar-refractivity contribution is 5.76. The first-order valence-corrected chi connectivity index (χ1v) is 3.43. The first-order valence-electron chi connectivity index (χ1n) is 3.43. The summed E-state index contributed by atoms with van der Waals surface area (Å²) in [5.74, 6) is 0. The van der Waals surface area contributed by atoms with E-state index < -0.39 is 0 Å². The van der Waals surface area contributed by atoms with Crippen molar-refractivity contribution in [1.82, 2.24) is 14.9 Å². The lowest BCUT2D eigenvalue weighted by molar-refractivity contribution is 0.136. The number of nitrogens with one attached hydrogen (secondary N) is 1. The summed E-state index contributed by atoms with van der Waals surface area (Å²) in [7, 11) is 1.49. The lowest BCUT2D eigenvalue weighted by Crippen LogP contribution is -2.05. The van der Waals surface area contributed by atoms with Crippen LogP contribution in [-0.2, 0) is 0 Å². The third-order valence-corrected chi connectivity index (χ3v) is 1.61. The Hall–Kier alpha value is -1.78. The van der Waals surface area contributed by atoms with E-state index in [2.05, 4.69) is 10.1 Å². The Morgan fingerprint density at radius 3 is 3.17 bits per heavy atom. The Kier molecular flexibility index (Phi) is 1.36. The van der Waals surface area contributed by atoms with Gasteiger partial charge < -0.3 is 9.82 Å². The summed E-state index contributed by atoms with van der Waals surface area (Å²) < 4.78 is 0. The van der Waals surface area contributed by atoms with E-state index in [1.165, 1.54) is 18.2 Å². The molecule has 5 nitrogen and oxygen atoms in total. The first-order chi connectivity index (χ1) is 5.81. The van der Waals surface area contributed by atoms with Gasteiger partial charge in [-0.2, -0.15) is 0 Å². The lowest BCUT2D eigenvalue weighted by atomic mass is 10.3. The highest BCUT2D eigenvalue weighted by Gasteiger charge is 2.02. The van der Waals surface area contributed by atoms with Gasteiger partial charge in [-0.25, -0.2) is 0 Å². The van der Waals surface area contributed by atoms with Crippen molar-refractivity contribution in [2.45, 2.75) is 0 Å². The molecule has 0 aliphatic rings. The van der Waals surface area contributed by atoms with Crippen molar-refractivity contribution in [3.63, 3.8) is 0 Å². The van der Waals surface area contributed by atoms with Crippen LogP contribution >= 0.6 is 0 Å². The molecule has 2 heterocycles. The molecule has 0 fully saturated rings. The Morgan fingerprint density at radius 1 is 1.67 bits per heavy atom. The van der Waals surface area contributed by atoms with E-state index in [-0.39, 0.29) is 5.56 Å². The SMILES string of the molecule is COn1cc2c(=O)[nH]ccc2n1. The van der Waals surface area contributed by atoms with Gasteiger partial charge in [0.05, 0.1) is 11.6 Å². The first kappa shape index (κ1) is 6.90. The maximum atomic E-state index is 11.1. The van der Waals surface area contributed by atoms with Crippen LogP contribution in [0, 0.1) is 0 Å². The zero-order valence-corrected chi connectivity index (χ0v) is 6.44. The third kappa shape index (κ3) is 0.868. The zero-order valence-electron chi connectivity index (χ0n) is 6.44. The summed E-state index contributed by atoms with van der Waals surface area (Å²) in [6.45, 7) is 0. The predicted molar refractivity (Wildman–Crippen MR) is 42.9 cm³/mol. The van der Waals surface area contributed by atoms with Gasteiger partial charge >= 0.3 is 0 Å². The summed E-state index contributed by atoms with van der Waals surface area (Å²) >= 11 is 0. The van der Waals surface area contributed by atoms with E-state index in [0.717, 1.165) is 0 Å². The van der Waals surface area contributed by atoms with Crippen LogP contribution in [-0.4, -0.2) is 22.0 Å². The highest BCUT2D eigenvalue weighted by Crippen LogP contribution is 2.03. The minimum absolute atomic E-state index is 0.157. The fraction of sp³-hybridized carbons (Fsp3) is 0.143. The van der Waals surface area contributed by atoms with Gasteiger partial charge in [-0.1, -0.05) is 0 Å². The molecular weight excluding hydrogens is 158 g/mol. The molecule has 0 atom stereocenters. The molecule has 2 rings (SSSR count). The van der Waals surface area contributed by atoms with Crippen LogP contribution in [0.5, 0.6) is 0 Å². The maximum absolute atomic E-state index is 11.1. The summed E-state index contributed by atoms with van der Waals surface area (Å²) in [5.41, 5.74) is 0.469. The molecule has 0 aliphatic heterocycles. The van der Waals surface area contributed by atoms with Gasteiger partial charge in [0, 0.05) is 6.20 Å². The fourth-order valence-electron chi connectivity index (χ4n) is 1.03. The van der Waals surface area contributed by atoms with Crippen molar-refractivity contribution in [1.29, 1.82) is 0 Å². The van der Waals surface area contributed by atoms with Crippen molar-refractivity contribution in [2.24, 2.45) is 0 Å². The number of nitrogens with zero attached hydrogens (tertiary/aromatic N) is 2. The van der Waals surface area contributed by atoms with Crippen molar-refractivity contribution >= 4 is 10.9 Å². The summed E-state index contributed by atoms with van der Waals surface area (Å²) in [5, 5.41) is 4.49. The normalized spacial score (nSPS) is 10.4. The van der Waals surface area contributed by atoms with Crippen LogP contribution in [0.15, 0.2) is 23.3 Å². The van der Waals surface area contributed by atoms with Crippen LogP contribution < -0.4 is 10.4 Å². The predicted octanol–water partition coefficient (Wildman–Crippen LogP) is -0.217. The van der Waals surface area contributed by atoms with Crippen molar-refractivity contribution in [3.8, 4) is 0 Å². The van der Waals surface area contributed by atoms with Gasteiger partial charge in [0.25, 0.3) is 5.56 Å². The van der Waals surface area contributed by atoms with Crippen molar-refractivity contribution < 1.29 is 4.84 Å². The van der Waals surface area contributed by atoms with Crippen LogP contribution in [0.3, 0.4) is 0 Å². The van der Waals surface area contributed by atoms with Gasteiger partial charge in [-0.3, -0.25) is 4.79 Å². The standard InChI is InChI=1S/C7H7N3O2/c1-12-10-4-5-6(9-10)2-3-8-7(5)11/h2-4H,1H3,(H,8,11). The molecule has 0 bridgehead atoms. The lowest BCUT2D eigenvalue weighted by Gasteiger charge is -1.92. The Balaban J connectivity index is 2.83. The molecule has 0 saturated carbocycles. The minimum Gasteiger partial charge on any atom is -0.400 e. The molecule has 12 heavy (non-hydrogen) atoms. The van der Waals surface area contributed by atoms with Gasteiger partial charge in [-0.05, 0) is 6.07 Å². The smallest absolute Gasteiger partial charge is 0.259 e. The number of hydrogen-bond acceptors (Lipinski definition) is 3. The number of pyridine rings is 1. The monoisotopic (exact) mass is 165 g/mol. The van der Waals surface area contributed by atoms with Crippen LogP contribution in [0.2, 0.25) is 0 Å². The molecule has 5 heteroatoms. The van der Waals surface area contributed by atoms with Crippen LogP contribution in [0.1, 0.15) is 0 Å². The topological polar surface area (TPSA) is 59.9 Å². The molecule has 2 aromatic heterocycles. The second-order valence-corrected chi connectivity index (χ2v) is 2.32. The molecule has 0 aliphatic carbocycles. The van der Waals surface area contributed by atoms with Gasteiger partial charge in [0.2, 0.25) is 0 Å². The quantitative estimate of drug-likeness (QED) is 0.635. The summed E-state index contributed by atoms with van der Waals surface area (Å²) in [6, 6.07) is 1.71. The molecule has 0 spiro atoms. The Labute approximate surface area is 67.5 Å². The average Bonchev–Trinajstić information content (AvgIpc) is 2.49. The molecule has 0 aromatic carbocycles. The molecular formula is C7H7N3O2. The number of hydrogen-bond donors (Lipinski definition) is 1.